The molecule has 0 radical (unpaired) electrons. The summed E-state index contributed by atoms with van der Waals surface area (Å²) >= 11 is 0. The van der Waals surface area contributed by atoms with E-state index in [1.54, 1.807) is 12.1 Å². The smallest absolute Gasteiger partial charge is 0.342 e. The van der Waals surface area contributed by atoms with E-state index < -0.39 is 23.4 Å². The van der Waals surface area contributed by atoms with Gasteiger partial charge in [-0.1, -0.05) is 0 Å². The van der Waals surface area contributed by atoms with Crippen LogP contribution in [0.4, 0.5) is 11.4 Å². The number of rotatable bonds is 7. The van der Waals surface area contributed by atoms with Gasteiger partial charge in [0.1, 0.15) is 23.1 Å². The Balaban J connectivity index is 2.06. The number of anilines is 1. The fourth-order valence-corrected chi connectivity index (χ4v) is 2.22. The standard InChI is InChI=1S/C18H15N3O7/c1-26-13-4-6-16(27-2)14(8-13)18(23)28-10-17(22)20-15-5-3-12(21(24)25)7-11(15)9-19/h3-8H,10H2,1-2H3,(H,20,22). The fourth-order valence-electron chi connectivity index (χ4n) is 2.22. The third-order valence-corrected chi connectivity index (χ3v) is 3.57. The molecule has 0 atom stereocenters. The minimum atomic E-state index is -0.810. The van der Waals surface area contributed by atoms with E-state index in [-0.39, 0.29) is 28.3 Å². The second-order valence-corrected chi connectivity index (χ2v) is 5.29. The molecule has 2 aromatic rings. The van der Waals surface area contributed by atoms with E-state index in [9.17, 15) is 19.7 Å². The van der Waals surface area contributed by atoms with E-state index in [1.165, 1.54) is 32.4 Å². The highest BCUT2D eigenvalue weighted by atomic mass is 16.6. The number of carbonyl (C=O) groups is 2. The summed E-state index contributed by atoms with van der Waals surface area (Å²) in [6.45, 7) is -0.638. The van der Waals surface area contributed by atoms with E-state index in [1.807, 2.05) is 0 Å². The van der Waals surface area contributed by atoms with E-state index in [0.717, 1.165) is 12.1 Å². The molecule has 144 valence electrons. The van der Waals surface area contributed by atoms with Crippen LogP contribution in [-0.2, 0) is 9.53 Å². The molecule has 2 aromatic carbocycles. The van der Waals surface area contributed by atoms with Crippen LogP contribution >= 0.6 is 0 Å². The normalized spacial score (nSPS) is 9.75. The number of nitriles is 1. The minimum absolute atomic E-state index is 0.0631. The first kappa shape index (κ1) is 20.2. The molecule has 0 heterocycles. The number of ether oxygens (including phenoxy) is 3. The van der Waals surface area contributed by atoms with Crippen molar-refractivity contribution in [1.29, 1.82) is 5.26 Å². The largest absolute Gasteiger partial charge is 0.497 e. The van der Waals surface area contributed by atoms with Gasteiger partial charge in [-0.15, -0.1) is 0 Å². The summed E-state index contributed by atoms with van der Waals surface area (Å²) in [5.41, 5.74) is -0.245. The summed E-state index contributed by atoms with van der Waals surface area (Å²) in [6.07, 6.45) is 0. The Labute approximate surface area is 159 Å². The number of nitrogens with zero attached hydrogens (tertiary/aromatic N) is 2. The van der Waals surface area contributed by atoms with Crippen LogP contribution in [0.3, 0.4) is 0 Å². The number of hydrogen-bond donors (Lipinski definition) is 1. The van der Waals surface area contributed by atoms with Crippen molar-refractivity contribution < 1.29 is 28.7 Å². The molecule has 1 amide bonds. The summed E-state index contributed by atoms with van der Waals surface area (Å²) in [5.74, 6) is -0.884. The third kappa shape index (κ3) is 4.73. The first-order chi connectivity index (χ1) is 13.4. The molecule has 0 spiro atoms. The van der Waals surface area contributed by atoms with Gasteiger partial charge in [0.2, 0.25) is 0 Å². The van der Waals surface area contributed by atoms with Gasteiger partial charge < -0.3 is 19.5 Å². The van der Waals surface area contributed by atoms with Crippen molar-refractivity contribution in [1.82, 2.24) is 0 Å². The summed E-state index contributed by atoms with van der Waals surface area (Å²) in [7, 11) is 2.81. The van der Waals surface area contributed by atoms with E-state index in [4.69, 9.17) is 19.5 Å². The summed E-state index contributed by atoms with van der Waals surface area (Å²) in [6, 6.07) is 9.68. The Kier molecular flexibility index (Phi) is 6.49. The Bertz CT molecular complexity index is 966. The predicted octanol–water partition coefficient (Wildman–Crippen LogP) is 2.28. The van der Waals surface area contributed by atoms with Gasteiger partial charge in [0, 0.05) is 12.1 Å². The lowest BCUT2D eigenvalue weighted by molar-refractivity contribution is -0.384. The van der Waals surface area contributed by atoms with Crippen LogP contribution < -0.4 is 14.8 Å². The molecule has 0 aliphatic rings. The highest BCUT2D eigenvalue weighted by Crippen LogP contribution is 2.25. The van der Waals surface area contributed by atoms with Crippen molar-refractivity contribution in [2.24, 2.45) is 0 Å². The van der Waals surface area contributed by atoms with Crippen molar-refractivity contribution in [2.45, 2.75) is 0 Å². The third-order valence-electron chi connectivity index (χ3n) is 3.57. The second kappa shape index (κ2) is 9.00. The maximum Gasteiger partial charge on any atom is 0.342 e. The van der Waals surface area contributed by atoms with Crippen LogP contribution in [-0.4, -0.2) is 37.6 Å². The SMILES string of the molecule is COc1ccc(OC)c(C(=O)OCC(=O)Nc2ccc([N+](=O)[O-])cc2C#N)c1. The number of nitro benzene ring substituents is 1. The number of methoxy groups -OCH3 is 2. The van der Waals surface area contributed by atoms with Crippen molar-refractivity contribution in [2.75, 3.05) is 26.1 Å². The van der Waals surface area contributed by atoms with E-state index in [0.29, 0.717) is 5.75 Å². The van der Waals surface area contributed by atoms with Crippen LogP contribution in [0, 0.1) is 21.4 Å². The highest BCUT2D eigenvalue weighted by molar-refractivity contribution is 5.97. The van der Waals surface area contributed by atoms with Gasteiger partial charge in [-0.3, -0.25) is 14.9 Å². The number of hydrogen-bond acceptors (Lipinski definition) is 8. The van der Waals surface area contributed by atoms with Gasteiger partial charge in [0.25, 0.3) is 11.6 Å². The Morgan fingerprint density at radius 3 is 2.54 bits per heavy atom. The van der Waals surface area contributed by atoms with Crippen molar-refractivity contribution >= 4 is 23.3 Å². The zero-order valence-corrected chi connectivity index (χ0v) is 14.9. The molecule has 0 aliphatic heterocycles. The molecule has 0 saturated heterocycles. The van der Waals surface area contributed by atoms with Gasteiger partial charge in [0.05, 0.1) is 30.4 Å². The van der Waals surface area contributed by atoms with Gasteiger partial charge >= 0.3 is 5.97 Å². The lowest BCUT2D eigenvalue weighted by atomic mass is 10.1. The predicted molar refractivity (Wildman–Crippen MR) is 96.3 cm³/mol. The van der Waals surface area contributed by atoms with Crippen LogP contribution in [0.5, 0.6) is 11.5 Å². The van der Waals surface area contributed by atoms with Crippen molar-refractivity contribution in [3.8, 4) is 17.6 Å². The molecular formula is C18H15N3O7. The van der Waals surface area contributed by atoms with Crippen molar-refractivity contribution in [3.05, 3.63) is 57.6 Å². The van der Waals surface area contributed by atoms with E-state index in [2.05, 4.69) is 5.32 Å². The number of benzene rings is 2. The summed E-state index contributed by atoms with van der Waals surface area (Å²) in [4.78, 5) is 34.3. The molecule has 0 aromatic heterocycles. The molecule has 0 unspecified atom stereocenters. The molecule has 0 saturated carbocycles. The monoisotopic (exact) mass is 385 g/mol. The molecule has 0 aliphatic carbocycles. The topological polar surface area (TPSA) is 141 Å². The average Bonchev–Trinajstić information content (AvgIpc) is 2.71. The Morgan fingerprint density at radius 1 is 1.18 bits per heavy atom. The first-order valence-corrected chi connectivity index (χ1v) is 7.77. The lowest BCUT2D eigenvalue weighted by Crippen LogP contribution is -2.21. The van der Waals surface area contributed by atoms with Gasteiger partial charge in [-0.05, 0) is 24.3 Å². The maximum absolute atomic E-state index is 12.2. The zero-order valence-electron chi connectivity index (χ0n) is 14.9. The number of nitro groups is 1. The number of esters is 1. The van der Waals surface area contributed by atoms with Crippen LogP contribution in [0.25, 0.3) is 0 Å². The lowest BCUT2D eigenvalue weighted by Gasteiger charge is -2.11. The van der Waals surface area contributed by atoms with E-state index >= 15 is 0 Å². The number of amides is 1. The molecule has 10 heteroatoms. The molecule has 0 fully saturated rings. The van der Waals surface area contributed by atoms with Gasteiger partial charge in [-0.2, -0.15) is 5.26 Å². The van der Waals surface area contributed by atoms with Crippen molar-refractivity contribution in [3.63, 3.8) is 0 Å². The molecule has 28 heavy (non-hydrogen) atoms. The maximum atomic E-state index is 12.2. The molecule has 2 rings (SSSR count). The molecular weight excluding hydrogens is 370 g/mol. The fraction of sp³-hybridized carbons (Fsp3) is 0.167. The second-order valence-electron chi connectivity index (χ2n) is 5.29. The van der Waals surface area contributed by atoms with Gasteiger partial charge in [-0.25, -0.2) is 4.79 Å². The number of non-ortho nitro benzene ring substituents is 1. The number of carbonyl (C=O) groups excluding carboxylic acids is 2. The average molecular weight is 385 g/mol. The summed E-state index contributed by atoms with van der Waals surface area (Å²) < 4.78 is 15.1. The minimum Gasteiger partial charge on any atom is -0.497 e. The number of nitrogens with one attached hydrogen (secondary N) is 1. The molecule has 0 bridgehead atoms. The Hall–Kier alpha value is -4.13. The Morgan fingerprint density at radius 2 is 1.93 bits per heavy atom. The quantitative estimate of drug-likeness (QED) is 0.435. The van der Waals surface area contributed by atoms with Crippen LogP contribution in [0.2, 0.25) is 0 Å². The highest BCUT2D eigenvalue weighted by Gasteiger charge is 2.18. The molecule has 10 nitrogen and oxygen atoms in total. The van der Waals surface area contributed by atoms with Gasteiger partial charge in [0.15, 0.2) is 6.61 Å². The zero-order chi connectivity index (χ0) is 20.7. The summed E-state index contributed by atoms with van der Waals surface area (Å²) in [5, 5.41) is 22.2. The molecule has 1 N–H and O–H groups in total. The first-order valence-electron chi connectivity index (χ1n) is 7.77. The van der Waals surface area contributed by atoms with Crippen LogP contribution in [0.15, 0.2) is 36.4 Å². The van der Waals surface area contributed by atoms with Crippen LogP contribution in [0.1, 0.15) is 15.9 Å².